The van der Waals surface area contributed by atoms with Gasteiger partial charge in [0.1, 0.15) is 5.60 Å². The number of guanidine groups is 1. The van der Waals surface area contributed by atoms with E-state index in [0.29, 0.717) is 5.92 Å². The van der Waals surface area contributed by atoms with Gasteiger partial charge in [-0.15, -0.1) is 24.0 Å². The van der Waals surface area contributed by atoms with Crippen molar-refractivity contribution in [3.63, 3.8) is 0 Å². The normalized spacial score (nSPS) is 21.5. The SMILES string of the molecule is CCN1CCC(CCNC(=NC)N2CCC(N(CC3CC3)C(=O)OC(C)(C)C)CC2)CC1.I. The Kier molecular flexibility index (Phi) is 11.5. The van der Waals surface area contributed by atoms with Gasteiger partial charge in [0.05, 0.1) is 0 Å². The number of hydrogen-bond acceptors (Lipinski definition) is 4. The fourth-order valence-electron chi connectivity index (χ4n) is 4.97. The molecule has 1 N–H and O–H groups in total. The van der Waals surface area contributed by atoms with Crippen LogP contribution in [-0.2, 0) is 4.74 Å². The Hall–Kier alpha value is -0.770. The summed E-state index contributed by atoms with van der Waals surface area (Å²) < 4.78 is 5.74. The fraction of sp³-hybridized carbons (Fsp3) is 0.920. The average molecular weight is 578 g/mol. The molecular formula is C25H48IN5O2. The smallest absolute Gasteiger partial charge is 0.410 e. The number of piperidine rings is 2. The standard InChI is InChI=1S/C25H47N5O2.HI/c1-6-28-15-10-20(11-16-28)9-14-27-23(26-5)29-17-12-22(13-18-29)30(19-21-7-8-21)24(31)32-25(2,3)4;/h20-22H,6-19H2,1-5H3,(H,26,27);1H. The van der Waals surface area contributed by atoms with E-state index in [9.17, 15) is 4.79 Å². The minimum Gasteiger partial charge on any atom is -0.444 e. The third-order valence-electron chi connectivity index (χ3n) is 7.19. The summed E-state index contributed by atoms with van der Waals surface area (Å²) in [5.41, 5.74) is -0.446. The summed E-state index contributed by atoms with van der Waals surface area (Å²) in [4.78, 5) is 24.4. The highest BCUT2D eigenvalue weighted by molar-refractivity contribution is 14.0. The first-order chi connectivity index (χ1) is 15.3. The molecule has 2 saturated heterocycles. The summed E-state index contributed by atoms with van der Waals surface area (Å²) in [6, 6.07) is 0.267. The van der Waals surface area contributed by atoms with Crippen molar-refractivity contribution < 1.29 is 9.53 Å². The van der Waals surface area contributed by atoms with Crippen LogP contribution < -0.4 is 5.32 Å². The van der Waals surface area contributed by atoms with Gasteiger partial charge in [0.15, 0.2) is 5.96 Å². The van der Waals surface area contributed by atoms with Crippen molar-refractivity contribution >= 4 is 36.0 Å². The predicted molar refractivity (Wildman–Crippen MR) is 146 cm³/mol. The molecule has 7 nitrogen and oxygen atoms in total. The minimum absolute atomic E-state index is 0. The number of rotatable bonds is 7. The maximum absolute atomic E-state index is 12.9. The van der Waals surface area contributed by atoms with Crippen molar-refractivity contribution in [2.45, 2.75) is 84.3 Å². The predicted octanol–water partition coefficient (Wildman–Crippen LogP) is 4.41. The van der Waals surface area contributed by atoms with E-state index < -0.39 is 5.60 Å². The molecule has 0 radical (unpaired) electrons. The molecule has 2 aliphatic heterocycles. The van der Waals surface area contributed by atoms with Gasteiger partial charge in [0, 0.05) is 39.3 Å². The van der Waals surface area contributed by atoms with Gasteiger partial charge in [0.2, 0.25) is 0 Å². The number of carbonyl (C=O) groups excluding carboxylic acids is 1. The molecule has 1 amide bonds. The first-order valence-electron chi connectivity index (χ1n) is 13.0. The summed E-state index contributed by atoms with van der Waals surface area (Å²) in [7, 11) is 1.88. The van der Waals surface area contributed by atoms with Crippen molar-refractivity contribution in [3.05, 3.63) is 0 Å². The summed E-state index contributed by atoms with van der Waals surface area (Å²) in [5, 5.41) is 3.61. The molecule has 0 bridgehead atoms. The monoisotopic (exact) mass is 577 g/mol. The maximum Gasteiger partial charge on any atom is 0.410 e. The van der Waals surface area contributed by atoms with Gasteiger partial charge < -0.3 is 24.8 Å². The van der Waals surface area contributed by atoms with Gasteiger partial charge in [-0.25, -0.2) is 4.79 Å². The van der Waals surface area contributed by atoms with Crippen LogP contribution in [0.15, 0.2) is 4.99 Å². The van der Waals surface area contributed by atoms with Crippen LogP contribution in [0.25, 0.3) is 0 Å². The molecule has 2 heterocycles. The lowest BCUT2D eigenvalue weighted by Gasteiger charge is -2.40. The highest BCUT2D eigenvalue weighted by atomic mass is 127. The molecule has 0 spiro atoms. The van der Waals surface area contributed by atoms with Gasteiger partial charge >= 0.3 is 6.09 Å². The van der Waals surface area contributed by atoms with E-state index in [0.717, 1.165) is 50.9 Å². The number of nitrogens with zero attached hydrogens (tertiary/aromatic N) is 4. The molecule has 0 aromatic carbocycles. The van der Waals surface area contributed by atoms with E-state index >= 15 is 0 Å². The topological polar surface area (TPSA) is 60.4 Å². The van der Waals surface area contributed by atoms with Crippen LogP contribution in [0, 0.1) is 11.8 Å². The second-order valence-corrected chi connectivity index (χ2v) is 10.9. The number of carbonyl (C=O) groups is 1. The molecule has 3 rings (SSSR count). The lowest BCUT2D eigenvalue weighted by Crippen LogP contribution is -2.52. The van der Waals surface area contributed by atoms with Crippen LogP contribution in [-0.4, -0.2) is 91.3 Å². The van der Waals surface area contributed by atoms with Gasteiger partial charge in [-0.2, -0.15) is 0 Å². The number of hydrogen-bond donors (Lipinski definition) is 1. The minimum atomic E-state index is -0.446. The molecule has 1 saturated carbocycles. The third-order valence-corrected chi connectivity index (χ3v) is 7.19. The lowest BCUT2D eigenvalue weighted by molar-refractivity contribution is 0.00928. The number of aliphatic imine (C=N–C) groups is 1. The van der Waals surface area contributed by atoms with Crippen molar-refractivity contribution in [3.8, 4) is 0 Å². The Morgan fingerprint density at radius 3 is 2.18 bits per heavy atom. The molecule has 8 heteroatoms. The number of likely N-dealkylation sites (tertiary alicyclic amines) is 2. The summed E-state index contributed by atoms with van der Waals surface area (Å²) in [6.07, 6.45) is 8.16. The van der Waals surface area contributed by atoms with Crippen LogP contribution in [0.1, 0.15) is 72.6 Å². The molecule has 3 aliphatic rings. The lowest BCUT2D eigenvalue weighted by atomic mass is 9.93. The van der Waals surface area contributed by atoms with Gasteiger partial charge in [-0.05, 0) is 97.2 Å². The zero-order valence-corrected chi connectivity index (χ0v) is 24.0. The zero-order valence-electron chi connectivity index (χ0n) is 21.6. The van der Waals surface area contributed by atoms with Crippen LogP contribution in [0.4, 0.5) is 4.79 Å². The van der Waals surface area contributed by atoms with Crippen molar-refractivity contribution in [1.82, 2.24) is 20.0 Å². The second-order valence-electron chi connectivity index (χ2n) is 10.9. The van der Waals surface area contributed by atoms with E-state index in [1.165, 1.54) is 51.7 Å². The molecule has 0 unspecified atom stereocenters. The molecule has 33 heavy (non-hydrogen) atoms. The largest absolute Gasteiger partial charge is 0.444 e. The Morgan fingerprint density at radius 1 is 1.03 bits per heavy atom. The zero-order chi connectivity index (χ0) is 23.1. The molecule has 0 aromatic rings. The van der Waals surface area contributed by atoms with Gasteiger partial charge in [-0.3, -0.25) is 4.99 Å². The quantitative estimate of drug-likeness (QED) is 0.276. The van der Waals surface area contributed by atoms with E-state index in [1.54, 1.807) is 0 Å². The van der Waals surface area contributed by atoms with Crippen LogP contribution >= 0.6 is 24.0 Å². The number of amides is 1. The maximum atomic E-state index is 12.9. The summed E-state index contributed by atoms with van der Waals surface area (Å²) in [5.74, 6) is 2.51. The third kappa shape index (κ3) is 9.42. The Labute approximate surface area is 219 Å². The number of nitrogens with one attached hydrogen (secondary N) is 1. The first kappa shape index (κ1) is 28.5. The molecule has 0 aromatic heterocycles. The van der Waals surface area contributed by atoms with E-state index in [2.05, 4.69) is 27.0 Å². The second kappa shape index (κ2) is 13.4. The van der Waals surface area contributed by atoms with Crippen molar-refractivity contribution in [2.24, 2.45) is 16.8 Å². The molecule has 0 atom stereocenters. The van der Waals surface area contributed by atoms with Crippen LogP contribution in [0.5, 0.6) is 0 Å². The highest BCUT2D eigenvalue weighted by Crippen LogP contribution is 2.32. The number of halogens is 1. The first-order valence-corrected chi connectivity index (χ1v) is 13.0. The van der Waals surface area contributed by atoms with Crippen molar-refractivity contribution in [2.75, 3.05) is 52.9 Å². The Balaban J connectivity index is 0.00000385. The molecule has 1 aliphatic carbocycles. The Bertz CT molecular complexity index is 619. The summed E-state index contributed by atoms with van der Waals surface area (Å²) >= 11 is 0. The number of ether oxygens (including phenoxy) is 1. The Morgan fingerprint density at radius 2 is 1.67 bits per heavy atom. The molecular weight excluding hydrogens is 529 g/mol. The fourth-order valence-corrected chi connectivity index (χ4v) is 4.97. The van der Waals surface area contributed by atoms with Gasteiger partial charge in [-0.1, -0.05) is 6.92 Å². The van der Waals surface area contributed by atoms with E-state index in [4.69, 9.17) is 4.74 Å². The van der Waals surface area contributed by atoms with Gasteiger partial charge in [0.25, 0.3) is 0 Å². The average Bonchev–Trinajstić information content (AvgIpc) is 3.59. The summed E-state index contributed by atoms with van der Waals surface area (Å²) in [6.45, 7) is 15.5. The van der Waals surface area contributed by atoms with E-state index in [-0.39, 0.29) is 36.1 Å². The molecule has 3 fully saturated rings. The van der Waals surface area contributed by atoms with Crippen LogP contribution in [0.2, 0.25) is 0 Å². The van der Waals surface area contributed by atoms with E-state index in [1.807, 2.05) is 32.7 Å². The van der Waals surface area contributed by atoms with Crippen LogP contribution in [0.3, 0.4) is 0 Å². The highest BCUT2D eigenvalue weighted by Gasteiger charge is 2.35. The van der Waals surface area contributed by atoms with Crippen molar-refractivity contribution in [1.29, 1.82) is 0 Å². The molecule has 192 valence electrons.